The Kier molecular flexibility index (Phi) is 4.13. The molecule has 29 heavy (non-hydrogen) atoms. The van der Waals surface area contributed by atoms with Crippen LogP contribution in [0, 0.1) is 5.92 Å². The molecule has 2 aromatic heterocycles. The molecule has 4 atom stereocenters. The maximum atomic E-state index is 15.0. The molecule has 0 saturated carbocycles. The predicted molar refractivity (Wildman–Crippen MR) is 111 cm³/mol. The van der Waals surface area contributed by atoms with Crippen LogP contribution in [0.1, 0.15) is 31.9 Å². The van der Waals surface area contributed by atoms with Crippen LogP contribution in [-0.2, 0) is 0 Å². The maximum Gasteiger partial charge on any atom is 0.125 e. The summed E-state index contributed by atoms with van der Waals surface area (Å²) < 4.78 is 15.0. The van der Waals surface area contributed by atoms with Crippen molar-refractivity contribution >= 4 is 16.3 Å². The van der Waals surface area contributed by atoms with Crippen LogP contribution in [0.4, 0.5) is 4.39 Å². The standard InChI is InChI=1S/C23H23FN4O/c1-13(17-11-23(2)7-5-20(26-23)22(17)24)18-3-4-19(28-27-18)16-9-14-6-8-25-12-15(14)10-21(16)29/h3-4,6,8-10,12,17,20,22,26,29H,1,5,7,11H2,2H3/t17-,20-,22-,23+/m1/s1. The molecule has 2 N–H and O–H groups in total. The highest BCUT2D eigenvalue weighted by Gasteiger charge is 2.49. The van der Waals surface area contributed by atoms with E-state index in [1.165, 1.54) is 0 Å². The van der Waals surface area contributed by atoms with Crippen molar-refractivity contribution in [2.24, 2.45) is 5.92 Å². The molecule has 0 unspecified atom stereocenters. The van der Waals surface area contributed by atoms with Gasteiger partial charge in [0.1, 0.15) is 11.9 Å². The molecular formula is C23H23FN4O. The van der Waals surface area contributed by atoms with Gasteiger partial charge in [-0.25, -0.2) is 4.39 Å². The molecule has 2 saturated heterocycles. The third-order valence-electron chi connectivity index (χ3n) is 6.45. The third-order valence-corrected chi connectivity index (χ3v) is 6.45. The molecular weight excluding hydrogens is 367 g/mol. The molecule has 3 aromatic rings. The van der Waals surface area contributed by atoms with Gasteiger partial charge in [0.15, 0.2) is 0 Å². The second-order valence-electron chi connectivity index (χ2n) is 8.53. The summed E-state index contributed by atoms with van der Waals surface area (Å²) >= 11 is 0. The van der Waals surface area contributed by atoms with E-state index in [9.17, 15) is 9.50 Å². The van der Waals surface area contributed by atoms with Gasteiger partial charge in [-0.05, 0) is 67.5 Å². The zero-order valence-corrected chi connectivity index (χ0v) is 16.3. The molecule has 2 bridgehead atoms. The van der Waals surface area contributed by atoms with Crippen molar-refractivity contribution in [2.45, 2.75) is 43.9 Å². The Bertz CT molecular complexity index is 1100. The molecule has 5 rings (SSSR count). The molecule has 6 heteroatoms. The minimum absolute atomic E-state index is 0.0278. The Hall–Kier alpha value is -2.86. The lowest BCUT2D eigenvalue weighted by Gasteiger charge is -2.39. The SMILES string of the molecule is C=C(c1ccc(-c2cc3ccncc3cc2O)nn1)[C@H]1C[C@]2(C)CC[C@@H](N2)[C@@H]1F. The third kappa shape index (κ3) is 3.08. The first kappa shape index (κ1) is 18.2. The van der Waals surface area contributed by atoms with Gasteiger partial charge in [0, 0.05) is 40.8 Å². The molecule has 2 aliphatic heterocycles. The second kappa shape index (κ2) is 6.59. The summed E-state index contributed by atoms with van der Waals surface area (Å²) in [6.45, 7) is 6.32. The summed E-state index contributed by atoms with van der Waals surface area (Å²) in [6.07, 6.45) is 5.02. The van der Waals surface area contributed by atoms with Crippen molar-refractivity contribution in [3.05, 3.63) is 55.0 Å². The molecule has 0 amide bonds. The normalized spacial score (nSPS) is 28.6. The van der Waals surface area contributed by atoms with Crippen LogP contribution in [0.5, 0.6) is 5.75 Å². The van der Waals surface area contributed by atoms with Crippen LogP contribution in [0.2, 0.25) is 0 Å². The average molecular weight is 390 g/mol. The fraction of sp³-hybridized carbons (Fsp3) is 0.348. The highest BCUT2D eigenvalue weighted by molar-refractivity contribution is 5.89. The van der Waals surface area contributed by atoms with Gasteiger partial charge in [0.2, 0.25) is 0 Å². The zero-order valence-electron chi connectivity index (χ0n) is 16.3. The second-order valence-corrected chi connectivity index (χ2v) is 8.53. The first-order valence-electron chi connectivity index (χ1n) is 9.95. The number of alkyl halides is 1. The first-order chi connectivity index (χ1) is 13.9. The van der Waals surface area contributed by atoms with E-state index in [-0.39, 0.29) is 23.2 Å². The molecule has 0 radical (unpaired) electrons. The van der Waals surface area contributed by atoms with E-state index in [0.29, 0.717) is 28.9 Å². The number of hydrogen-bond acceptors (Lipinski definition) is 5. The smallest absolute Gasteiger partial charge is 0.125 e. The van der Waals surface area contributed by atoms with E-state index >= 15 is 0 Å². The number of phenols is 1. The van der Waals surface area contributed by atoms with Crippen LogP contribution in [0.3, 0.4) is 0 Å². The van der Waals surface area contributed by atoms with E-state index in [4.69, 9.17) is 0 Å². The molecule has 4 heterocycles. The largest absolute Gasteiger partial charge is 0.507 e. The Morgan fingerprint density at radius 3 is 2.90 bits per heavy atom. The number of allylic oxidation sites excluding steroid dienone is 1. The van der Waals surface area contributed by atoms with E-state index in [0.717, 1.165) is 23.6 Å². The number of phenolic OH excluding ortho intramolecular Hbond substituents is 1. The number of nitrogens with one attached hydrogen (secondary N) is 1. The maximum absolute atomic E-state index is 15.0. The van der Waals surface area contributed by atoms with Crippen molar-refractivity contribution in [3.8, 4) is 17.0 Å². The molecule has 5 nitrogen and oxygen atoms in total. The summed E-state index contributed by atoms with van der Waals surface area (Å²) in [5.41, 5.74) is 2.44. The van der Waals surface area contributed by atoms with Crippen LogP contribution in [0.25, 0.3) is 27.6 Å². The number of aromatic hydroxyl groups is 1. The highest BCUT2D eigenvalue weighted by Crippen LogP contribution is 2.44. The van der Waals surface area contributed by atoms with E-state index in [2.05, 4.69) is 34.0 Å². The van der Waals surface area contributed by atoms with E-state index < -0.39 is 6.17 Å². The number of aromatic nitrogens is 3. The Morgan fingerprint density at radius 1 is 1.24 bits per heavy atom. The number of benzene rings is 1. The minimum Gasteiger partial charge on any atom is -0.507 e. The first-order valence-corrected chi connectivity index (χ1v) is 9.95. The summed E-state index contributed by atoms with van der Waals surface area (Å²) in [5, 5.41) is 24.3. The van der Waals surface area contributed by atoms with Gasteiger partial charge in [-0.2, -0.15) is 5.10 Å². The van der Waals surface area contributed by atoms with Gasteiger partial charge in [-0.15, -0.1) is 5.10 Å². The number of nitrogens with zero attached hydrogens (tertiary/aromatic N) is 3. The minimum atomic E-state index is -0.960. The summed E-state index contributed by atoms with van der Waals surface area (Å²) in [5.74, 6) is -0.131. The topological polar surface area (TPSA) is 70.9 Å². The molecule has 1 aromatic carbocycles. The van der Waals surface area contributed by atoms with Crippen molar-refractivity contribution < 1.29 is 9.50 Å². The number of halogens is 1. The zero-order chi connectivity index (χ0) is 20.2. The number of hydrogen-bond donors (Lipinski definition) is 2. The predicted octanol–water partition coefficient (Wildman–Crippen LogP) is 4.28. The van der Waals surface area contributed by atoms with Gasteiger partial charge in [0.05, 0.1) is 11.4 Å². The van der Waals surface area contributed by atoms with Gasteiger partial charge in [0.25, 0.3) is 0 Å². The fourth-order valence-electron chi connectivity index (χ4n) is 4.83. The highest BCUT2D eigenvalue weighted by atomic mass is 19.1. The van der Waals surface area contributed by atoms with Crippen LogP contribution in [-0.4, -0.2) is 38.0 Å². The molecule has 0 spiro atoms. The number of pyridine rings is 1. The molecule has 2 aliphatic rings. The molecule has 2 fully saturated rings. The lowest BCUT2D eigenvalue weighted by molar-refractivity contribution is 0.135. The van der Waals surface area contributed by atoms with Crippen molar-refractivity contribution in [3.63, 3.8) is 0 Å². The average Bonchev–Trinajstić information content (AvgIpc) is 3.07. The summed E-state index contributed by atoms with van der Waals surface area (Å²) in [4.78, 5) is 4.07. The molecule has 148 valence electrons. The van der Waals surface area contributed by atoms with Gasteiger partial charge in [-0.1, -0.05) is 6.58 Å². The lowest BCUT2D eigenvalue weighted by atomic mass is 9.78. The Morgan fingerprint density at radius 2 is 2.10 bits per heavy atom. The van der Waals surface area contributed by atoms with E-state index in [1.807, 2.05) is 18.2 Å². The van der Waals surface area contributed by atoms with Crippen molar-refractivity contribution in [1.82, 2.24) is 20.5 Å². The number of fused-ring (bicyclic) bond motifs is 3. The Labute approximate surface area is 168 Å². The van der Waals surface area contributed by atoms with Crippen molar-refractivity contribution in [2.75, 3.05) is 0 Å². The van der Waals surface area contributed by atoms with Crippen molar-refractivity contribution in [1.29, 1.82) is 0 Å². The van der Waals surface area contributed by atoms with Gasteiger partial charge >= 0.3 is 0 Å². The van der Waals surface area contributed by atoms with Crippen LogP contribution in [0.15, 0.2) is 49.3 Å². The van der Waals surface area contributed by atoms with Gasteiger partial charge in [-0.3, -0.25) is 4.98 Å². The van der Waals surface area contributed by atoms with Gasteiger partial charge < -0.3 is 10.4 Å². The van der Waals surface area contributed by atoms with Crippen LogP contribution < -0.4 is 5.32 Å². The van der Waals surface area contributed by atoms with E-state index in [1.54, 1.807) is 24.5 Å². The fourth-order valence-corrected chi connectivity index (χ4v) is 4.83. The summed E-state index contributed by atoms with van der Waals surface area (Å²) in [7, 11) is 0. The molecule has 0 aliphatic carbocycles. The monoisotopic (exact) mass is 390 g/mol. The Balaban J connectivity index is 1.43. The number of rotatable bonds is 3. The number of piperidine rings is 1. The quantitative estimate of drug-likeness (QED) is 0.699. The lowest BCUT2D eigenvalue weighted by Crippen LogP contribution is -2.53. The van der Waals surface area contributed by atoms with Crippen LogP contribution >= 0.6 is 0 Å². The summed E-state index contributed by atoms with van der Waals surface area (Å²) in [6, 6.07) is 8.95.